The lowest BCUT2D eigenvalue weighted by Crippen LogP contribution is -2.55. The van der Waals surface area contributed by atoms with Gasteiger partial charge in [0, 0.05) is 45.4 Å². The highest BCUT2D eigenvalue weighted by atomic mass is 16.5. The Kier molecular flexibility index (Phi) is 4.38. The molecule has 0 saturated carbocycles. The van der Waals surface area contributed by atoms with Crippen molar-refractivity contribution >= 4 is 0 Å². The minimum atomic E-state index is 0.498. The van der Waals surface area contributed by atoms with Crippen LogP contribution < -0.4 is 10.6 Å². The van der Waals surface area contributed by atoms with Crippen LogP contribution in [-0.2, 0) is 4.74 Å². The normalized spacial score (nSPS) is 33.4. The summed E-state index contributed by atoms with van der Waals surface area (Å²) in [6, 6.07) is 0.602. The summed E-state index contributed by atoms with van der Waals surface area (Å²) >= 11 is 0. The molecule has 0 radical (unpaired) electrons. The second-order valence-corrected chi connectivity index (χ2v) is 4.60. The molecule has 2 aliphatic heterocycles. The molecule has 2 unspecified atom stereocenters. The van der Waals surface area contributed by atoms with Crippen molar-refractivity contribution in [3.63, 3.8) is 0 Å². The van der Waals surface area contributed by atoms with Crippen LogP contribution in [0.25, 0.3) is 0 Å². The highest BCUT2D eigenvalue weighted by molar-refractivity contribution is 4.82. The zero-order valence-corrected chi connectivity index (χ0v) is 9.67. The number of nitrogens with zero attached hydrogens (tertiary/aromatic N) is 1. The van der Waals surface area contributed by atoms with Gasteiger partial charge >= 0.3 is 0 Å². The van der Waals surface area contributed by atoms with Gasteiger partial charge in [0.25, 0.3) is 0 Å². The van der Waals surface area contributed by atoms with Crippen molar-refractivity contribution in [2.75, 3.05) is 46.4 Å². The molecular weight excluding hydrogens is 190 g/mol. The monoisotopic (exact) mass is 213 g/mol. The number of ether oxygens (including phenoxy) is 1. The Hall–Kier alpha value is -0.160. The van der Waals surface area contributed by atoms with E-state index in [2.05, 4.69) is 15.5 Å². The van der Waals surface area contributed by atoms with E-state index in [0.717, 1.165) is 32.8 Å². The molecular formula is C11H23N3O. The van der Waals surface area contributed by atoms with Crippen LogP contribution in [0.5, 0.6) is 0 Å². The molecule has 15 heavy (non-hydrogen) atoms. The van der Waals surface area contributed by atoms with Gasteiger partial charge in [0.1, 0.15) is 0 Å². The second kappa shape index (κ2) is 5.80. The molecule has 4 nitrogen and oxygen atoms in total. The molecule has 0 aromatic rings. The van der Waals surface area contributed by atoms with Crippen molar-refractivity contribution in [2.24, 2.45) is 0 Å². The molecule has 2 atom stereocenters. The number of piperazine rings is 1. The standard InChI is InChI=1S/C11H23N3O/c1-12-7-10-8-14(5-4-13-10)9-11-3-2-6-15-11/h10-13H,2-9H2,1H3. The molecule has 2 aliphatic rings. The first-order valence-corrected chi connectivity index (χ1v) is 6.10. The second-order valence-electron chi connectivity index (χ2n) is 4.60. The SMILES string of the molecule is CNCC1CN(CC2CCCO2)CCN1. The highest BCUT2D eigenvalue weighted by Crippen LogP contribution is 2.14. The zero-order chi connectivity index (χ0) is 10.5. The highest BCUT2D eigenvalue weighted by Gasteiger charge is 2.23. The summed E-state index contributed by atoms with van der Waals surface area (Å²) < 4.78 is 5.67. The van der Waals surface area contributed by atoms with Gasteiger partial charge in [0.15, 0.2) is 0 Å². The first kappa shape index (κ1) is 11.3. The van der Waals surface area contributed by atoms with Gasteiger partial charge in [-0.2, -0.15) is 0 Å². The van der Waals surface area contributed by atoms with E-state index in [4.69, 9.17) is 4.74 Å². The van der Waals surface area contributed by atoms with E-state index in [1.807, 2.05) is 7.05 Å². The van der Waals surface area contributed by atoms with Crippen LogP contribution in [0.1, 0.15) is 12.8 Å². The van der Waals surface area contributed by atoms with E-state index in [-0.39, 0.29) is 0 Å². The lowest BCUT2D eigenvalue weighted by Gasteiger charge is -2.34. The summed E-state index contributed by atoms with van der Waals surface area (Å²) in [5, 5.41) is 6.76. The van der Waals surface area contributed by atoms with E-state index in [0.29, 0.717) is 12.1 Å². The quantitative estimate of drug-likeness (QED) is 0.670. The summed E-state index contributed by atoms with van der Waals surface area (Å²) in [5.74, 6) is 0. The number of likely N-dealkylation sites (N-methyl/N-ethyl adjacent to an activating group) is 1. The predicted octanol–water partition coefficient (Wildman–Crippen LogP) is -0.341. The fourth-order valence-electron chi connectivity index (χ4n) is 2.52. The molecule has 0 spiro atoms. The lowest BCUT2D eigenvalue weighted by molar-refractivity contribution is 0.0626. The topological polar surface area (TPSA) is 36.5 Å². The molecule has 2 fully saturated rings. The van der Waals surface area contributed by atoms with E-state index < -0.39 is 0 Å². The van der Waals surface area contributed by atoms with Crippen molar-refractivity contribution < 1.29 is 4.74 Å². The predicted molar refractivity (Wildman–Crippen MR) is 61.1 cm³/mol. The van der Waals surface area contributed by atoms with E-state index in [9.17, 15) is 0 Å². The Balaban J connectivity index is 1.71. The average molecular weight is 213 g/mol. The van der Waals surface area contributed by atoms with Gasteiger partial charge in [0.2, 0.25) is 0 Å². The maximum absolute atomic E-state index is 5.67. The smallest absolute Gasteiger partial charge is 0.0702 e. The van der Waals surface area contributed by atoms with Crippen LogP contribution in [0.2, 0.25) is 0 Å². The van der Waals surface area contributed by atoms with Crippen LogP contribution in [0.3, 0.4) is 0 Å². The molecule has 0 aromatic heterocycles. The number of rotatable bonds is 4. The Labute approximate surface area is 92.4 Å². The minimum absolute atomic E-state index is 0.498. The van der Waals surface area contributed by atoms with Gasteiger partial charge in [-0.25, -0.2) is 0 Å². The Bertz CT molecular complexity index is 181. The maximum atomic E-state index is 5.67. The molecule has 2 N–H and O–H groups in total. The molecule has 88 valence electrons. The fraction of sp³-hybridized carbons (Fsp3) is 1.00. The zero-order valence-electron chi connectivity index (χ0n) is 9.67. The van der Waals surface area contributed by atoms with Crippen molar-refractivity contribution in [2.45, 2.75) is 25.0 Å². The van der Waals surface area contributed by atoms with Crippen LogP contribution in [0.4, 0.5) is 0 Å². The Morgan fingerprint density at radius 1 is 1.53 bits per heavy atom. The van der Waals surface area contributed by atoms with E-state index in [1.54, 1.807) is 0 Å². The van der Waals surface area contributed by atoms with E-state index in [1.165, 1.54) is 19.4 Å². The van der Waals surface area contributed by atoms with Gasteiger partial charge in [-0.1, -0.05) is 0 Å². The third kappa shape index (κ3) is 3.41. The summed E-state index contributed by atoms with van der Waals surface area (Å²) in [7, 11) is 2.01. The lowest BCUT2D eigenvalue weighted by atomic mass is 10.1. The van der Waals surface area contributed by atoms with Crippen LogP contribution >= 0.6 is 0 Å². The third-order valence-electron chi connectivity index (χ3n) is 3.28. The Morgan fingerprint density at radius 2 is 2.47 bits per heavy atom. The summed E-state index contributed by atoms with van der Waals surface area (Å²) in [5.41, 5.74) is 0. The van der Waals surface area contributed by atoms with Crippen molar-refractivity contribution in [3.05, 3.63) is 0 Å². The minimum Gasteiger partial charge on any atom is -0.377 e. The number of nitrogens with one attached hydrogen (secondary N) is 2. The number of hydrogen-bond acceptors (Lipinski definition) is 4. The largest absolute Gasteiger partial charge is 0.377 e. The first-order chi connectivity index (χ1) is 7.38. The van der Waals surface area contributed by atoms with Crippen molar-refractivity contribution in [3.8, 4) is 0 Å². The molecule has 2 rings (SSSR count). The van der Waals surface area contributed by atoms with Gasteiger partial charge < -0.3 is 15.4 Å². The van der Waals surface area contributed by atoms with Crippen molar-refractivity contribution in [1.29, 1.82) is 0 Å². The summed E-state index contributed by atoms with van der Waals surface area (Å²) in [6.07, 6.45) is 3.00. The molecule has 0 bridgehead atoms. The van der Waals surface area contributed by atoms with E-state index >= 15 is 0 Å². The Morgan fingerprint density at radius 3 is 3.20 bits per heavy atom. The van der Waals surface area contributed by atoms with Crippen molar-refractivity contribution in [1.82, 2.24) is 15.5 Å². The molecule has 4 heteroatoms. The fourth-order valence-corrected chi connectivity index (χ4v) is 2.52. The van der Waals surface area contributed by atoms with Crippen LogP contribution in [0.15, 0.2) is 0 Å². The van der Waals surface area contributed by atoms with Gasteiger partial charge in [-0.05, 0) is 19.9 Å². The number of hydrogen-bond donors (Lipinski definition) is 2. The van der Waals surface area contributed by atoms with Crippen LogP contribution in [0, 0.1) is 0 Å². The molecule has 0 amide bonds. The summed E-state index contributed by atoms with van der Waals surface area (Å²) in [6.45, 7) is 6.58. The maximum Gasteiger partial charge on any atom is 0.0702 e. The molecule has 0 aliphatic carbocycles. The molecule has 2 heterocycles. The first-order valence-electron chi connectivity index (χ1n) is 6.10. The molecule has 0 aromatic carbocycles. The van der Waals surface area contributed by atoms with Gasteiger partial charge in [-0.3, -0.25) is 4.90 Å². The van der Waals surface area contributed by atoms with Crippen LogP contribution in [-0.4, -0.2) is 63.4 Å². The average Bonchev–Trinajstić information content (AvgIpc) is 2.71. The van der Waals surface area contributed by atoms with Gasteiger partial charge in [0.05, 0.1) is 6.10 Å². The summed E-state index contributed by atoms with van der Waals surface area (Å²) in [4.78, 5) is 2.54. The third-order valence-corrected chi connectivity index (χ3v) is 3.28. The molecule has 2 saturated heterocycles. The van der Waals surface area contributed by atoms with Gasteiger partial charge in [-0.15, -0.1) is 0 Å².